The van der Waals surface area contributed by atoms with Crippen LogP contribution in [0.2, 0.25) is 0 Å². The van der Waals surface area contributed by atoms with Crippen LogP contribution in [0.3, 0.4) is 0 Å². The molecule has 0 amide bonds. The maximum Gasteiger partial charge on any atom is 0.516 e. The molecule has 5 heteroatoms. The Balaban J connectivity index is 1.73. The molecule has 0 unspecified atom stereocenters. The summed E-state index contributed by atoms with van der Waals surface area (Å²) in [6, 6.07) is 8.43. The number of hydrogen-bond donors (Lipinski definition) is 1. The third kappa shape index (κ3) is 3.56. The van der Waals surface area contributed by atoms with E-state index in [0.29, 0.717) is 0 Å². The Kier molecular flexibility index (Phi) is 3.94. The van der Waals surface area contributed by atoms with Crippen molar-refractivity contribution in [2.45, 2.75) is 25.5 Å². The van der Waals surface area contributed by atoms with Crippen LogP contribution in [0.15, 0.2) is 30.3 Å². The van der Waals surface area contributed by atoms with Crippen LogP contribution in [0, 0.1) is 5.92 Å². The molecule has 0 radical (unpaired) electrons. The summed E-state index contributed by atoms with van der Waals surface area (Å²) in [6.45, 7) is 0.0750. The maximum absolute atomic E-state index is 11.4. The number of benzene rings is 1. The highest BCUT2D eigenvalue weighted by Gasteiger charge is 2.35. The van der Waals surface area contributed by atoms with Gasteiger partial charge in [-0.3, -0.25) is 0 Å². The van der Waals surface area contributed by atoms with Crippen molar-refractivity contribution in [3.05, 3.63) is 35.9 Å². The summed E-state index contributed by atoms with van der Waals surface area (Å²) < 4.78 is 9.32. The Morgan fingerprint density at radius 3 is 2.56 bits per heavy atom. The van der Waals surface area contributed by atoms with Gasteiger partial charge in [-0.1, -0.05) is 30.3 Å². The third-order valence-electron chi connectivity index (χ3n) is 2.79. The van der Waals surface area contributed by atoms with E-state index in [-0.39, 0.29) is 12.5 Å². The first kappa shape index (κ1) is 12.6. The zero-order chi connectivity index (χ0) is 13.0. The first-order valence-corrected chi connectivity index (χ1v) is 5.85. The van der Waals surface area contributed by atoms with Gasteiger partial charge < -0.3 is 15.2 Å². The minimum atomic E-state index is -1.00. The van der Waals surface area contributed by atoms with Gasteiger partial charge in [-0.2, -0.15) is 0 Å². The van der Waals surface area contributed by atoms with Crippen LogP contribution in [-0.2, 0) is 20.9 Å². The summed E-state index contributed by atoms with van der Waals surface area (Å²) in [5.41, 5.74) is 6.42. The van der Waals surface area contributed by atoms with Crippen molar-refractivity contribution < 1.29 is 19.1 Å². The molecule has 1 aromatic rings. The molecule has 2 rings (SSSR count). The van der Waals surface area contributed by atoms with Crippen LogP contribution >= 0.6 is 0 Å². The van der Waals surface area contributed by atoms with Crippen molar-refractivity contribution in [3.63, 3.8) is 0 Å². The average Bonchev–Trinajstić information content (AvgIpc) is 3.21. The molecule has 1 aliphatic rings. The highest BCUT2D eigenvalue weighted by molar-refractivity contribution is 5.85. The molecule has 0 heterocycles. The molecule has 1 fully saturated rings. The molecule has 0 saturated heterocycles. The molecule has 1 atom stereocenters. The van der Waals surface area contributed by atoms with E-state index in [0.717, 1.165) is 18.4 Å². The van der Waals surface area contributed by atoms with Gasteiger partial charge in [-0.25, -0.2) is 9.59 Å². The van der Waals surface area contributed by atoms with Crippen molar-refractivity contribution >= 4 is 12.1 Å². The minimum absolute atomic E-state index is 0.0750. The van der Waals surface area contributed by atoms with Gasteiger partial charge in [-0.15, -0.1) is 0 Å². The van der Waals surface area contributed by atoms with Gasteiger partial charge in [0.2, 0.25) is 0 Å². The van der Waals surface area contributed by atoms with E-state index in [1.54, 1.807) is 0 Å². The van der Waals surface area contributed by atoms with E-state index in [2.05, 4.69) is 4.74 Å². The molecule has 1 aliphatic carbocycles. The lowest BCUT2D eigenvalue weighted by atomic mass is 10.2. The second kappa shape index (κ2) is 5.64. The lowest BCUT2D eigenvalue weighted by molar-refractivity contribution is -0.142. The Morgan fingerprint density at radius 2 is 1.94 bits per heavy atom. The Labute approximate surface area is 105 Å². The third-order valence-corrected chi connectivity index (χ3v) is 2.79. The number of nitrogens with two attached hydrogens (primary N) is 1. The summed E-state index contributed by atoms with van der Waals surface area (Å²) >= 11 is 0. The van der Waals surface area contributed by atoms with Crippen molar-refractivity contribution in [2.24, 2.45) is 11.7 Å². The molecule has 96 valence electrons. The van der Waals surface area contributed by atoms with Crippen LogP contribution in [0.4, 0.5) is 4.79 Å². The van der Waals surface area contributed by atoms with Gasteiger partial charge >= 0.3 is 12.1 Å². The molecule has 0 spiro atoms. The number of carbonyl (C=O) groups is 2. The quantitative estimate of drug-likeness (QED) is 0.647. The monoisotopic (exact) mass is 249 g/mol. The Bertz CT molecular complexity index is 428. The molecule has 18 heavy (non-hydrogen) atoms. The van der Waals surface area contributed by atoms with E-state index in [1.807, 2.05) is 30.3 Å². The molecule has 0 aromatic heterocycles. The van der Waals surface area contributed by atoms with E-state index < -0.39 is 18.2 Å². The van der Waals surface area contributed by atoms with E-state index in [1.165, 1.54) is 0 Å². The molecule has 1 aromatic carbocycles. The van der Waals surface area contributed by atoms with E-state index in [9.17, 15) is 9.59 Å². The summed E-state index contributed by atoms with van der Waals surface area (Å²) in [5, 5.41) is 0. The predicted molar refractivity (Wildman–Crippen MR) is 63.4 cm³/mol. The second-order valence-electron chi connectivity index (χ2n) is 4.31. The zero-order valence-electron chi connectivity index (χ0n) is 9.87. The molecule has 1 saturated carbocycles. The summed E-state index contributed by atoms with van der Waals surface area (Å²) in [6.07, 6.45) is 0.824. The smallest absolute Gasteiger partial charge is 0.429 e. The Hall–Kier alpha value is -1.88. The van der Waals surface area contributed by atoms with Crippen LogP contribution < -0.4 is 5.73 Å². The number of ether oxygens (including phenoxy) is 2. The maximum atomic E-state index is 11.4. The van der Waals surface area contributed by atoms with Gasteiger partial charge in [-0.05, 0) is 24.3 Å². The van der Waals surface area contributed by atoms with E-state index in [4.69, 9.17) is 10.5 Å². The van der Waals surface area contributed by atoms with Gasteiger partial charge in [0.05, 0.1) is 0 Å². The second-order valence-corrected chi connectivity index (χ2v) is 4.31. The Morgan fingerprint density at radius 1 is 1.28 bits per heavy atom. The van der Waals surface area contributed by atoms with Crippen molar-refractivity contribution in [1.82, 2.24) is 0 Å². The highest BCUT2D eigenvalue weighted by atomic mass is 16.7. The number of carbonyl (C=O) groups excluding carboxylic acids is 2. The molecule has 2 N–H and O–H groups in total. The standard InChI is InChI=1S/C13H15NO4/c14-11(10-6-7-10)12(15)18-13(16)17-8-9-4-2-1-3-5-9/h1-5,10-11H,6-8,14H2/t11-/m0/s1. The lowest BCUT2D eigenvalue weighted by Crippen LogP contribution is -2.35. The fourth-order valence-electron chi connectivity index (χ4n) is 1.54. The summed E-state index contributed by atoms with van der Waals surface area (Å²) in [4.78, 5) is 22.7. The van der Waals surface area contributed by atoms with Crippen LogP contribution in [0.1, 0.15) is 18.4 Å². The normalized spacial score (nSPS) is 15.8. The fourth-order valence-corrected chi connectivity index (χ4v) is 1.54. The van der Waals surface area contributed by atoms with Gasteiger partial charge in [0.15, 0.2) is 0 Å². The zero-order valence-corrected chi connectivity index (χ0v) is 9.87. The molecular weight excluding hydrogens is 234 g/mol. The first-order chi connectivity index (χ1) is 8.66. The van der Waals surface area contributed by atoms with Crippen molar-refractivity contribution in [1.29, 1.82) is 0 Å². The van der Waals surface area contributed by atoms with Gasteiger partial charge in [0, 0.05) is 0 Å². The molecular formula is C13H15NO4. The summed E-state index contributed by atoms with van der Waals surface area (Å²) in [7, 11) is 0. The predicted octanol–water partition coefficient (Wildman–Crippen LogP) is 1.60. The highest BCUT2D eigenvalue weighted by Crippen LogP contribution is 2.31. The average molecular weight is 249 g/mol. The number of esters is 1. The fraction of sp³-hybridized carbons (Fsp3) is 0.385. The van der Waals surface area contributed by atoms with Crippen molar-refractivity contribution in [2.75, 3.05) is 0 Å². The van der Waals surface area contributed by atoms with Crippen LogP contribution in [0.5, 0.6) is 0 Å². The number of rotatable bonds is 4. The molecule has 0 aliphatic heterocycles. The largest absolute Gasteiger partial charge is 0.516 e. The van der Waals surface area contributed by atoms with E-state index >= 15 is 0 Å². The lowest BCUT2D eigenvalue weighted by Gasteiger charge is -2.09. The molecule has 5 nitrogen and oxygen atoms in total. The topological polar surface area (TPSA) is 78.6 Å². The minimum Gasteiger partial charge on any atom is -0.429 e. The van der Waals surface area contributed by atoms with Crippen LogP contribution in [0.25, 0.3) is 0 Å². The molecule has 0 bridgehead atoms. The van der Waals surface area contributed by atoms with Gasteiger partial charge in [0.25, 0.3) is 0 Å². The SMILES string of the molecule is N[C@H](C(=O)OC(=O)OCc1ccccc1)C1CC1. The van der Waals surface area contributed by atoms with Crippen LogP contribution in [-0.4, -0.2) is 18.2 Å². The first-order valence-electron chi connectivity index (χ1n) is 5.85. The number of hydrogen-bond acceptors (Lipinski definition) is 5. The summed E-state index contributed by atoms with van der Waals surface area (Å²) in [5.74, 6) is -0.560. The van der Waals surface area contributed by atoms with Crippen molar-refractivity contribution in [3.8, 4) is 0 Å². The van der Waals surface area contributed by atoms with Gasteiger partial charge in [0.1, 0.15) is 12.6 Å².